The summed E-state index contributed by atoms with van der Waals surface area (Å²) in [5, 5.41) is 18.6. The van der Waals surface area contributed by atoms with Crippen LogP contribution in [0.1, 0.15) is 113 Å². The summed E-state index contributed by atoms with van der Waals surface area (Å²) < 4.78 is 0. The fraction of sp³-hybridized carbons (Fsp3) is 0.540. The number of nitrogens with one attached hydrogen (secondary N) is 6. The molecule has 0 spiro atoms. The Balaban J connectivity index is 1.04. The summed E-state index contributed by atoms with van der Waals surface area (Å²) in [4.78, 5) is 70.2. The Morgan fingerprint density at radius 3 is 1.68 bits per heavy atom. The molecule has 2 aliphatic heterocycles. The molecule has 63 heavy (non-hydrogen) atoms. The Morgan fingerprint density at radius 1 is 0.603 bits per heavy atom. The van der Waals surface area contributed by atoms with Gasteiger partial charge in [-0.2, -0.15) is 0 Å². The first-order valence-corrected chi connectivity index (χ1v) is 23.3. The van der Waals surface area contributed by atoms with E-state index in [2.05, 4.69) is 97.5 Å². The van der Waals surface area contributed by atoms with Crippen molar-refractivity contribution in [2.75, 3.05) is 33.7 Å². The summed E-state index contributed by atoms with van der Waals surface area (Å²) >= 11 is 0. The standard InChI is InChI=1S/C50H68N8O5/c1-30(53-46(59)31(2)51-5)29-57-26-12-24-44(57)48(61)55-42-22-10-18-38-36(16-8-20-40(38)42)34-14-7-15-35(28-34)37-17-9-21-41-39(37)19-11-23-43(41)56-49(62)45-25-13-27-58(45)50(63)33(4)54-47(60)32(3)52-6/h7-9,14-17,20-21,28,30-33,42-45,51-52H,10-13,18-19,22-27,29H2,1-6H3,(H,53,59)(H,54,60)(H,55,61)(H,56,62)/t30-,31-,32-,33-,42+,43+,44-,45-/m0/s1. The van der Waals surface area contributed by atoms with Crippen LogP contribution >= 0.6 is 0 Å². The average Bonchev–Trinajstić information content (AvgIpc) is 3.98. The van der Waals surface area contributed by atoms with Gasteiger partial charge in [0.1, 0.15) is 12.1 Å². The van der Waals surface area contributed by atoms with E-state index < -0.39 is 18.1 Å². The molecule has 0 radical (unpaired) electrons. The normalized spacial score (nSPS) is 22.8. The SMILES string of the molecule is CN[C@@H](C)C(=O)N[C@@H](C)C(=O)N1CCC[C@H]1C(=O)N[C@@H]1CCCc2c(-c3cccc(-c4cccc5c4CCC[C@H]5NC(=O)[C@@H]4CCCN4C[C@H](C)NC(=O)[C@H](C)NC)c3)cccc21. The molecular weight excluding hydrogens is 793 g/mol. The lowest BCUT2D eigenvalue weighted by Gasteiger charge is -2.32. The van der Waals surface area contributed by atoms with Crippen molar-refractivity contribution in [3.05, 3.63) is 82.9 Å². The molecule has 338 valence electrons. The number of hydrogen-bond acceptors (Lipinski definition) is 8. The Bertz CT molecular complexity index is 2160. The van der Waals surface area contributed by atoms with Gasteiger partial charge in [0, 0.05) is 19.1 Å². The molecular formula is C50H68N8O5. The molecule has 4 aliphatic rings. The van der Waals surface area contributed by atoms with Gasteiger partial charge in [0.25, 0.3) is 0 Å². The van der Waals surface area contributed by atoms with Gasteiger partial charge >= 0.3 is 0 Å². The van der Waals surface area contributed by atoms with Crippen molar-refractivity contribution in [2.45, 2.75) is 140 Å². The largest absolute Gasteiger partial charge is 0.351 e. The molecule has 2 saturated heterocycles. The lowest BCUT2D eigenvalue weighted by molar-refractivity contribution is -0.141. The molecule has 0 saturated carbocycles. The maximum absolute atomic E-state index is 13.9. The van der Waals surface area contributed by atoms with E-state index in [4.69, 9.17) is 0 Å². The zero-order valence-electron chi connectivity index (χ0n) is 38.0. The first-order valence-electron chi connectivity index (χ1n) is 23.3. The maximum Gasteiger partial charge on any atom is 0.245 e. The molecule has 0 bridgehead atoms. The van der Waals surface area contributed by atoms with Gasteiger partial charge in [-0.25, -0.2) is 0 Å². The average molecular weight is 861 g/mol. The summed E-state index contributed by atoms with van der Waals surface area (Å²) in [6, 6.07) is 19.1. The Kier molecular flexibility index (Phi) is 15.0. The number of carbonyl (C=O) groups is 5. The monoisotopic (exact) mass is 861 g/mol. The van der Waals surface area contributed by atoms with Gasteiger partial charge in [-0.3, -0.25) is 28.9 Å². The molecule has 7 rings (SSSR count). The number of carbonyl (C=O) groups excluding carboxylic acids is 5. The number of nitrogens with zero attached hydrogens (tertiary/aromatic N) is 2. The van der Waals surface area contributed by atoms with E-state index in [1.165, 1.54) is 22.3 Å². The quantitative estimate of drug-likeness (QED) is 0.128. The molecule has 2 heterocycles. The molecule has 6 N–H and O–H groups in total. The van der Waals surface area contributed by atoms with E-state index >= 15 is 0 Å². The highest BCUT2D eigenvalue weighted by molar-refractivity contribution is 5.93. The van der Waals surface area contributed by atoms with E-state index in [9.17, 15) is 24.0 Å². The predicted molar refractivity (Wildman–Crippen MR) is 247 cm³/mol. The van der Waals surface area contributed by atoms with Gasteiger partial charge in [0.15, 0.2) is 0 Å². The van der Waals surface area contributed by atoms with E-state index in [1.54, 1.807) is 32.8 Å². The third kappa shape index (κ3) is 10.3. The summed E-state index contributed by atoms with van der Waals surface area (Å²) in [6.07, 6.45) is 8.54. The predicted octanol–water partition coefficient (Wildman–Crippen LogP) is 4.69. The zero-order chi connectivity index (χ0) is 44.8. The fourth-order valence-corrected chi connectivity index (χ4v) is 10.2. The molecule has 3 aromatic carbocycles. The van der Waals surface area contributed by atoms with Crippen LogP contribution in [0.3, 0.4) is 0 Å². The molecule has 0 aromatic heterocycles. The fourth-order valence-electron chi connectivity index (χ4n) is 10.2. The van der Waals surface area contributed by atoms with Crippen molar-refractivity contribution in [2.24, 2.45) is 0 Å². The third-order valence-electron chi connectivity index (χ3n) is 13.9. The van der Waals surface area contributed by atoms with Crippen molar-refractivity contribution < 1.29 is 24.0 Å². The molecule has 13 nitrogen and oxygen atoms in total. The summed E-state index contributed by atoms with van der Waals surface area (Å²) in [5.74, 6) is -0.619. The zero-order valence-corrected chi connectivity index (χ0v) is 38.0. The highest BCUT2D eigenvalue weighted by atomic mass is 16.2. The van der Waals surface area contributed by atoms with Gasteiger partial charge in [0.2, 0.25) is 29.5 Å². The first kappa shape index (κ1) is 45.9. The lowest BCUT2D eigenvalue weighted by atomic mass is 9.81. The van der Waals surface area contributed by atoms with Crippen molar-refractivity contribution in [3.63, 3.8) is 0 Å². The van der Waals surface area contributed by atoms with Crippen molar-refractivity contribution in [3.8, 4) is 22.3 Å². The third-order valence-corrected chi connectivity index (χ3v) is 13.9. The van der Waals surface area contributed by atoms with Crippen LogP contribution < -0.4 is 31.9 Å². The van der Waals surface area contributed by atoms with Crippen LogP contribution in [0, 0.1) is 0 Å². The van der Waals surface area contributed by atoms with Crippen molar-refractivity contribution in [1.29, 1.82) is 0 Å². The molecule has 8 atom stereocenters. The Labute approximate surface area is 373 Å². The molecule has 0 unspecified atom stereocenters. The number of amides is 5. The van der Waals surface area contributed by atoms with E-state index in [0.29, 0.717) is 19.5 Å². The summed E-state index contributed by atoms with van der Waals surface area (Å²) in [7, 11) is 3.47. The highest BCUT2D eigenvalue weighted by Gasteiger charge is 2.38. The Morgan fingerprint density at radius 2 is 1.11 bits per heavy atom. The smallest absolute Gasteiger partial charge is 0.245 e. The lowest BCUT2D eigenvalue weighted by Crippen LogP contribution is -2.54. The number of likely N-dealkylation sites (N-methyl/N-ethyl adjacent to an activating group) is 2. The summed E-state index contributed by atoms with van der Waals surface area (Å²) in [6.45, 7) is 9.21. The highest BCUT2D eigenvalue weighted by Crippen LogP contribution is 2.40. The molecule has 2 fully saturated rings. The van der Waals surface area contributed by atoms with E-state index in [-0.39, 0.29) is 59.7 Å². The van der Waals surface area contributed by atoms with Gasteiger partial charge < -0.3 is 36.8 Å². The van der Waals surface area contributed by atoms with Gasteiger partial charge in [-0.1, -0.05) is 54.6 Å². The van der Waals surface area contributed by atoms with Crippen LogP contribution in [-0.4, -0.2) is 109 Å². The molecule has 5 amide bonds. The van der Waals surface area contributed by atoms with Crippen LogP contribution in [0.25, 0.3) is 22.3 Å². The topological polar surface area (TPSA) is 164 Å². The molecule has 2 aliphatic carbocycles. The van der Waals surface area contributed by atoms with E-state index in [1.807, 2.05) is 13.8 Å². The Hall–Kier alpha value is -5.11. The minimum atomic E-state index is -0.734. The number of fused-ring (bicyclic) bond motifs is 2. The number of likely N-dealkylation sites (tertiary alicyclic amines) is 2. The number of benzene rings is 3. The van der Waals surface area contributed by atoms with Crippen LogP contribution in [0.15, 0.2) is 60.7 Å². The first-order chi connectivity index (χ1) is 30.4. The second-order valence-electron chi connectivity index (χ2n) is 18.2. The van der Waals surface area contributed by atoms with Crippen LogP contribution in [0.5, 0.6) is 0 Å². The minimum absolute atomic E-state index is 0.0402. The van der Waals surface area contributed by atoms with Gasteiger partial charge in [-0.05, 0) is 163 Å². The minimum Gasteiger partial charge on any atom is -0.351 e. The molecule has 13 heteroatoms. The van der Waals surface area contributed by atoms with Crippen LogP contribution in [-0.2, 0) is 36.8 Å². The maximum atomic E-state index is 13.9. The van der Waals surface area contributed by atoms with E-state index in [0.717, 1.165) is 86.6 Å². The second kappa shape index (κ2) is 20.6. The van der Waals surface area contributed by atoms with Crippen LogP contribution in [0.4, 0.5) is 0 Å². The van der Waals surface area contributed by atoms with Gasteiger partial charge in [-0.15, -0.1) is 0 Å². The van der Waals surface area contributed by atoms with Crippen LogP contribution in [0.2, 0.25) is 0 Å². The summed E-state index contributed by atoms with van der Waals surface area (Å²) in [5.41, 5.74) is 9.43. The number of hydrogen-bond donors (Lipinski definition) is 6. The van der Waals surface area contributed by atoms with Gasteiger partial charge in [0.05, 0.1) is 30.2 Å². The second-order valence-corrected chi connectivity index (χ2v) is 18.2. The van der Waals surface area contributed by atoms with Crippen molar-refractivity contribution in [1.82, 2.24) is 41.7 Å². The number of rotatable bonds is 15. The van der Waals surface area contributed by atoms with Crippen molar-refractivity contribution >= 4 is 29.5 Å². The molecule has 3 aromatic rings.